The van der Waals surface area contributed by atoms with Gasteiger partial charge in [-0.05, 0) is 39.7 Å². The predicted octanol–water partition coefficient (Wildman–Crippen LogP) is 2.33. The van der Waals surface area contributed by atoms with Gasteiger partial charge in [-0.15, -0.1) is 0 Å². The van der Waals surface area contributed by atoms with Crippen LogP contribution >= 0.6 is 0 Å². The van der Waals surface area contributed by atoms with E-state index < -0.39 is 0 Å². The van der Waals surface area contributed by atoms with Crippen LogP contribution in [-0.2, 0) is 4.74 Å². The zero-order valence-electron chi connectivity index (χ0n) is 9.01. The Kier molecular flexibility index (Phi) is 5.40. The average Bonchev–Trinajstić information content (AvgIpc) is 2.55. The zero-order chi connectivity index (χ0) is 9.52. The first-order valence-corrected chi connectivity index (χ1v) is 5.64. The smallest absolute Gasteiger partial charge is 0.0518 e. The van der Waals surface area contributed by atoms with Crippen LogP contribution in [-0.4, -0.2) is 25.3 Å². The van der Waals surface area contributed by atoms with E-state index in [1.54, 1.807) is 0 Å². The molecule has 0 radical (unpaired) electrons. The molecule has 2 nitrogen and oxygen atoms in total. The fourth-order valence-corrected chi connectivity index (χ4v) is 1.83. The lowest BCUT2D eigenvalue weighted by Crippen LogP contribution is -2.27. The van der Waals surface area contributed by atoms with Crippen LogP contribution in [0.15, 0.2) is 0 Å². The summed E-state index contributed by atoms with van der Waals surface area (Å²) in [6.45, 7) is 6.20. The fourth-order valence-electron chi connectivity index (χ4n) is 1.83. The lowest BCUT2D eigenvalue weighted by molar-refractivity contribution is 0.0767. The van der Waals surface area contributed by atoms with Crippen LogP contribution in [0.4, 0.5) is 0 Å². The van der Waals surface area contributed by atoms with Gasteiger partial charge < -0.3 is 10.1 Å². The van der Waals surface area contributed by atoms with Crippen molar-refractivity contribution in [1.82, 2.24) is 5.32 Å². The maximum Gasteiger partial charge on any atom is 0.0518 e. The summed E-state index contributed by atoms with van der Waals surface area (Å²) in [4.78, 5) is 0. The van der Waals surface area contributed by atoms with Gasteiger partial charge in [0, 0.05) is 12.6 Å². The molecule has 0 heterocycles. The summed E-state index contributed by atoms with van der Waals surface area (Å²) < 4.78 is 5.47. The van der Waals surface area contributed by atoms with E-state index >= 15 is 0 Å². The Hall–Kier alpha value is -0.0800. The first-order valence-electron chi connectivity index (χ1n) is 5.64. The minimum atomic E-state index is 0.381. The van der Waals surface area contributed by atoms with E-state index in [0.29, 0.717) is 6.10 Å². The predicted molar refractivity (Wildman–Crippen MR) is 56.0 cm³/mol. The number of ether oxygens (including phenoxy) is 1. The highest BCUT2D eigenvalue weighted by Crippen LogP contribution is 2.17. The molecule has 0 saturated heterocycles. The van der Waals surface area contributed by atoms with Crippen LogP contribution in [0.1, 0.15) is 46.0 Å². The van der Waals surface area contributed by atoms with Gasteiger partial charge in [-0.2, -0.15) is 0 Å². The second-order valence-electron chi connectivity index (χ2n) is 4.21. The molecule has 0 bridgehead atoms. The molecule has 0 atom stereocenters. The van der Waals surface area contributed by atoms with E-state index in [1.165, 1.54) is 25.7 Å². The van der Waals surface area contributed by atoms with E-state index in [-0.39, 0.29) is 0 Å². The van der Waals surface area contributed by atoms with Gasteiger partial charge in [0.15, 0.2) is 0 Å². The van der Waals surface area contributed by atoms with Gasteiger partial charge in [-0.1, -0.05) is 12.8 Å². The van der Waals surface area contributed by atoms with Crippen molar-refractivity contribution < 1.29 is 4.74 Å². The van der Waals surface area contributed by atoms with Crippen LogP contribution in [0.5, 0.6) is 0 Å². The van der Waals surface area contributed by atoms with E-state index in [0.717, 1.165) is 25.6 Å². The van der Waals surface area contributed by atoms with Crippen LogP contribution in [0.25, 0.3) is 0 Å². The Bertz CT molecular complexity index is 119. The lowest BCUT2D eigenvalue weighted by atomic mass is 10.2. The third kappa shape index (κ3) is 5.27. The van der Waals surface area contributed by atoms with Crippen molar-refractivity contribution in [1.29, 1.82) is 0 Å². The van der Waals surface area contributed by atoms with Crippen molar-refractivity contribution in [3.05, 3.63) is 0 Å². The number of hydrogen-bond donors (Lipinski definition) is 1. The SMILES string of the molecule is CC(C)OCCCNC1CCCC1. The molecule has 0 aromatic heterocycles. The summed E-state index contributed by atoms with van der Waals surface area (Å²) >= 11 is 0. The normalized spacial score (nSPS) is 18.7. The highest BCUT2D eigenvalue weighted by Gasteiger charge is 2.12. The van der Waals surface area contributed by atoms with Crippen LogP contribution in [0.3, 0.4) is 0 Å². The maximum atomic E-state index is 5.47. The molecule has 1 saturated carbocycles. The second kappa shape index (κ2) is 6.39. The summed E-state index contributed by atoms with van der Waals surface area (Å²) in [5.41, 5.74) is 0. The Labute approximate surface area is 82.0 Å². The van der Waals surface area contributed by atoms with Gasteiger partial charge >= 0.3 is 0 Å². The van der Waals surface area contributed by atoms with Crippen LogP contribution in [0.2, 0.25) is 0 Å². The zero-order valence-corrected chi connectivity index (χ0v) is 9.01. The molecule has 0 aliphatic heterocycles. The highest BCUT2D eigenvalue weighted by molar-refractivity contribution is 4.73. The summed E-state index contributed by atoms with van der Waals surface area (Å²) in [5.74, 6) is 0. The summed E-state index contributed by atoms with van der Waals surface area (Å²) in [6, 6.07) is 0.805. The molecule has 1 rings (SSSR count). The van der Waals surface area contributed by atoms with Crippen molar-refractivity contribution >= 4 is 0 Å². The molecule has 1 N–H and O–H groups in total. The van der Waals surface area contributed by atoms with Crippen molar-refractivity contribution in [3.63, 3.8) is 0 Å². The first-order chi connectivity index (χ1) is 6.29. The fraction of sp³-hybridized carbons (Fsp3) is 1.00. The molecule has 0 aromatic carbocycles. The van der Waals surface area contributed by atoms with Gasteiger partial charge in [0.05, 0.1) is 6.10 Å². The molecular weight excluding hydrogens is 162 g/mol. The molecule has 13 heavy (non-hydrogen) atoms. The Balaban J connectivity index is 1.83. The topological polar surface area (TPSA) is 21.3 Å². The van der Waals surface area contributed by atoms with Gasteiger partial charge in [0.1, 0.15) is 0 Å². The molecule has 78 valence electrons. The minimum Gasteiger partial charge on any atom is -0.379 e. The highest BCUT2D eigenvalue weighted by atomic mass is 16.5. The molecule has 2 heteroatoms. The third-order valence-electron chi connectivity index (χ3n) is 2.56. The van der Waals surface area contributed by atoms with Gasteiger partial charge in [0.2, 0.25) is 0 Å². The van der Waals surface area contributed by atoms with Crippen molar-refractivity contribution in [2.24, 2.45) is 0 Å². The largest absolute Gasteiger partial charge is 0.379 e. The third-order valence-corrected chi connectivity index (χ3v) is 2.56. The number of hydrogen-bond acceptors (Lipinski definition) is 2. The van der Waals surface area contributed by atoms with Crippen LogP contribution < -0.4 is 5.32 Å². The molecule has 0 amide bonds. The molecular formula is C11H23NO. The summed E-state index contributed by atoms with van der Waals surface area (Å²) in [6.07, 6.45) is 7.12. The van der Waals surface area contributed by atoms with Gasteiger partial charge in [-0.3, -0.25) is 0 Å². The Morgan fingerprint density at radius 1 is 1.31 bits per heavy atom. The van der Waals surface area contributed by atoms with Crippen molar-refractivity contribution in [2.45, 2.75) is 58.1 Å². The molecule has 1 aliphatic rings. The average molecular weight is 185 g/mol. The van der Waals surface area contributed by atoms with E-state index in [9.17, 15) is 0 Å². The number of nitrogens with one attached hydrogen (secondary N) is 1. The van der Waals surface area contributed by atoms with E-state index in [1.807, 2.05) is 0 Å². The molecule has 1 fully saturated rings. The molecule has 0 aromatic rings. The monoisotopic (exact) mass is 185 g/mol. The summed E-state index contributed by atoms with van der Waals surface area (Å²) in [7, 11) is 0. The second-order valence-corrected chi connectivity index (χ2v) is 4.21. The molecule has 1 aliphatic carbocycles. The molecule has 0 spiro atoms. The lowest BCUT2D eigenvalue weighted by Gasteiger charge is -2.12. The van der Waals surface area contributed by atoms with E-state index in [2.05, 4.69) is 19.2 Å². The van der Waals surface area contributed by atoms with Gasteiger partial charge in [-0.25, -0.2) is 0 Å². The van der Waals surface area contributed by atoms with Crippen molar-refractivity contribution in [2.75, 3.05) is 13.2 Å². The maximum absolute atomic E-state index is 5.47. The summed E-state index contributed by atoms with van der Waals surface area (Å²) in [5, 5.41) is 3.58. The quantitative estimate of drug-likeness (QED) is 0.641. The van der Waals surface area contributed by atoms with Crippen molar-refractivity contribution in [3.8, 4) is 0 Å². The standard InChI is InChI=1S/C11H23NO/c1-10(2)13-9-5-8-12-11-6-3-4-7-11/h10-12H,3-9H2,1-2H3. The van der Waals surface area contributed by atoms with E-state index in [4.69, 9.17) is 4.74 Å². The van der Waals surface area contributed by atoms with Gasteiger partial charge in [0.25, 0.3) is 0 Å². The van der Waals surface area contributed by atoms with Crippen LogP contribution in [0, 0.1) is 0 Å². The minimum absolute atomic E-state index is 0.381. The molecule has 0 unspecified atom stereocenters. The number of rotatable bonds is 6. The first kappa shape index (κ1) is 11.0. The Morgan fingerprint density at radius 2 is 2.00 bits per heavy atom. The Morgan fingerprint density at radius 3 is 2.62 bits per heavy atom.